The second-order valence-corrected chi connectivity index (χ2v) is 4.88. The van der Waals surface area contributed by atoms with E-state index in [1.807, 2.05) is 12.1 Å². The number of benzene rings is 1. The van der Waals surface area contributed by atoms with Crippen molar-refractivity contribution in [3.63, 3.8) is 0 Å². The molecule has 0 atom stereocenters. The number of alkyl halides is 1. The highest BCUT2D eigenvalue weighted by Gasteiger charge is 2.16. The van der Waals surface area contributed by atoms with Crippen LogP contribution in [-0.2, 0) is 17.6 Å². The van der Waals surface area contributed by atoms with Crippen LogP contribution in [0.5, 0.6) is 0 Å². The fourth-order valence-electron chi connectivity index (χ4n) is 2.36. The molecule has 0 aliphatic heterocycles. The summed E-state index contributed by atoms with van der Waals surface area (Å²) >= 11 is 5.48. The Morgan fingerprint density at radius 2 is 1.83 bits per heavy atom. The standard InChI is InChI=1S/C14H16ClNO2/c1-9(17)12-6-10-4-2-3-5-11(10)7-13(12)16-14(18)8-15/h6-7H,2-5,8H2,1H3,(H,16,18). The number of fused-ring (bicyclic) bond motifs is 1. The summed E-state index contributed by atoms with van der Waals surface area (Å²) in [5, 5.41) is 2.70. The van der Waals surface area contributed by atoms with Crippen LogP contribution in [0, 0.1) is 0 Å². The van der Waals surface area contributed by atoms with E-state index in [-0.39, 0.29) is 17.6 Å². The number of halogens is 1. The monoisotopic (exact) mass is 265 g/mol. The molecule has 2 rings (SSSR count). The van der Waals surface area contributed by atoms with Gasteiger partial charge in [-0.2, -0.15) is 0 Å². The van der Waals surface area contributed by atoms with Gasteiger partial charge in [-0.25, -0.2) is 0 Å². The van der Waals surface area contributed by atoms with Gasteiger partial charge in [-0.3, -0.25) is 9.59 Å². The lowest BCUT2D eigenvalue weighted by Gasteiger charge is -2.19. The van der Waals surface area contributed by atoms with Gasteiger partial charge in [0.05, 0.1) is 5.69 Å². The first kappa shape index (κ1) is 13.1. The number of hydrogen-bond donors (Lipinski definition) is 1. The Hall–Kier alpha value is -1.35. The van der Waals surface area contributed by atoms with Crippen molar-refractivity contribution in [2.75, 3.05) is 11.2 Å². The first-order valence-corrected chi connectivity index (χ1v) is 6.68. The third-order valence-corrected chi connectivity index (χ3v) is 3.50. The molecule has 96 valence electrons. The topological polar surface area (TPSA) is 46.2 Å². The third kappa shape index (κ3) is 2.72. The van der Waals surface area contributed by atoms with Crippen LogP contribution in [0.3, 0.4) is 0 Å². The predicted octanol–water partition coefficient (Wildman–Crippen LogP) is 2.95. The van der Waals surface area contributed by atoms with Crippen LogP contribution < -0.4 is 5.32 Å². The highest BCUT2D eigenvalue weighted by molar-refractivity contribution is 6.29. The number of anilines is 1. The van der Waals surface area contributed by atoms with E-state index in [9.17, 15) is 9.59 Å². The smallest absolute Gasteiger partial charge is 0.239 e. The van der Waals surface area contributed by atoms with Gasteiger partial charge in [-0.15, -0.1) is 11.6 Å². The number of rotatable bonds is 3. The lowest BCUT2D eigenvalue weighted by molar-refractivity contribution is -0.113. The molecule has 1 aliphatic rings. The highest BCUT2D eigenvalue weighted by Crippen LogP contribution is 2.28. The van der Waals surface area contributed by atoms with E-state index < -0.39 is 0 Å². The molecule has 0 fully saturated rings. The minimum absolute atomic E-state index is 0.0340. The Bertz CT molecular complexity index is 497. The fraction of sp³-hybridized carbons (Fsp3) is 0.429. The average molecular weight is 266 g/mol. The summed E-state index contributed by atoms with van der Waals surface area (Å²) < 4.78 is 0. The third-order valence-electron chi connectivity index (χ3n) is 3.26. The van der Waals surface area contributed by atoms with Crippen molar-refractivity contribution in [1.82, 2.24) is 0 Å². The van der Waals surface area contributed by atoms with Crippen LogP contribution >= 0.6 is 11.6 Å². The van der Waals surface area contributed by atoms with E-state index >= 15 is 0 Å². The van der Waals surface area contributed by atoms with Crippen LogP contribution in [0.15, 0.2) is 12.1 Å². The van der Waals surface area contributed by atoms with E-state index in [0.717, 1.165) is 25.7 Å². The Kier molecular flexibility index (Phi) is 4.02. The minimum atomic E-state index is -0.282. The summed E-state index contributed by atoms with van der Waals surface area (Å²) in [6, 6.07) is 3.84. The van der Waals surface area contributed by atoms with Crippen molar-refractivity contribution in [1.29, 1.82) is 0 Å². The molecule has 18 heavy (non-hydrogen) atoms. The van der Waals surface area contributed by atoms with Crippen LogP contribution in [0.25, 0.3) is 0 Å². The SMILES string of the molecule is CC(=O)c1cc2c(cc1NC(=O)CCl)CCCC2. The molecule has 0 bridgehead atoms. The molecule has 0 spiro atoms. The minimum Gasteiger partial charge on any atom is -0.324 e. The molecule has 3 nitrogen and oxygen atoms in total. The molecule has 0 saturated carbocycles. The maximum Gasteiger partial charge on any atom is 0.239 e. The summed E-state index contributed by atoms with van der Waals surface area (Å²) in [7, 11) is 0. The molecule has 1 aromatic rings. The lowest BCUT2D eigenvalue weighted by Crippen LogP contribution is -2.16. The first-order valence-electron chi connectivity index (χ1n) is 6.14. The lowest BCUT2D eigenvalue weighted by atomic mass is 9.89. The summed E-state index contributed by atoms with van der Waals surface area (Å²) in [4.78, 5) is 23.0. The summed E-state index contributed by atoms with van der Waals surface area (Å²) in [5.74, 6) is -0.419. The fourth-order valence-corrected chi connectivity index (χ4v) is 2.43. The number of Topliss-reactive ketones (excluding diaryl/α,β-unsaturated/α-hetero) is 1. The predicted molar refractivity (Wildman–Crippen MR) is 72.4 cm³/mol. The van der Waals surface area contributed by atoms with Crippen molar-refractivity contribution < 1.29 is 9.59 Å². The largest absolute Gasteiger partial charge is 0.324 e. The number of hydrogen-bond acceptors (Lipinski definition) is 2. The zero-order valence-electron chi connectivity index (χ0n) is 10.4. The Morgan fingerprint density at radius 1 is 1.22 bits per heavy atom. The number of carbonyl (C=O) groups excluding carboxylic acids is 2. The van der Waals surface area contributed by atoms with Gasteiger partial charge in [0.1, 0.15) is 5.88 Å². The number of aryl methyl sites for hydroxylation is 2. The van der Waals surface area contributed by atoms with Gasteiger partial charge in [-0.05, 0) is 55.9 Å². The van der Waals surface area contributed by atoms with Gasteiger partial charge in [0.25, 0.3) is 0 Å². The number of nitrogens with one attached hydrogen (secondary N) is 1. The normalized spacial score (nSPS) is 13.9. The average Bonchev–Trinajstić information content (AvgIpc) is 2.37. The Balaban J connectivity index is 2.42. The van der Waals surface area contributed by atoms with Gasteiger partial charge in [0.2, 0.25) is 5.91 Å². The van der Waals surface area contributed by atoms with Crippen LogP contribution in [-0.4, -0.2) is 17.6 Å². The number of amides is 1. The molecular formula is C14H16ClNO2. The first-order chi connectivity index (χ1) is 8.61. The maximum atomic E-state index is 11.6. The van der Waals surface area contributed by atoms with E-state index in [4.69, 9.17) is 11.6 Å². The summed E-state index contributed by atoms with van der Waals surface area (Å²) in [5.41, 5.74) is 3.63. The quantitative estimate of drug-likeness (QED) is 0.675. The van der Waals surface area contributed by atoms with Crippen molar-refractivity contribution in [2.24, 2.45) is 0 Å². The Labute approximate surface area is 112 Å². The molecule has 1 aliphatic carbocycles. The molecule has 0 radical (unpaired) electrons. The number of carbonyl (C=O) groups is 2. The van der Waals surface area contributed by atoms with Crippen LogP contribution in [0.2, 0.25) is 0 Å². The molecule has 0 aromatic heterocycles. The molecular weight excluding hydrogens is 250 g/mol. The summed E-state index contributed by atoms with van der Waals surface area (Å²) in [6.45, 7) is 1.51. The second-order valence-electron chi connectivity index (χ2n) is 4.61. The molecule has 0 unspecified atom stereocenters. The Morgan fingerprint density at radius 3 is 2.39 bits per heavy atom. The second kappa shape index (κ2) is 5.53. The molecule has 1 N–H and O–H groups in total. The molecule has 0 heterocycles. The van der Waals surface area contributed by atoms with E-state index in [2.05, 4.69) is 5.32 Å². The zero-order valence-corrected chi connectivity index (χ0v) is 11.1. The van der Waals surface area contributed by atoms with Gasteiger partial charge in [0.15, 0.2) is 5.78 Å². The van der Waals surface area contributed by atoms with Crippen molar-refractivity contribution in [3.8, 4) is 0 Å². The number of ketones is 1. The molecule has 0 saturated heterocycles. The van der Waals surface area contributed by atoms with Crippen molar-refractivity contribution in [2.45, 2.75) is 32.6 Å². The molecule has 1 amide bonds. The maximum absolute atomic E-state index is 11.6. The molecule has 4 heteroatoms. The highest BCUT2D eigenvalue weighted by atomic mass is 35.5. The van der Waals surface area contributed by atoms with Gasteiger partial charge in [0, 0.05) is 5.56 Å². The van der Waals surface area contributed by atoms with E-state index in [0.29, 0.717) is 11.3 Å². The van der Waals surface area contributed by atoms with E-state index in [1.165, 1.54) is 18.1 Å². The van der Waals surface area contributed by atoms with Crippen LogP contribution in [0.4, 0.5) is 5.69 Å². The zero-order chi connectivity index (χ0) is 13.1. The van der Waals surface area contributed by atoms with Gasteiger partial charge in [-0.1, -0.05) is 0 Å². The molecule has 1 aromatic carbocycles. The van der Waals surface area contributed by atoms with Crippen molar-refractivity contribution >= 4 is 29.0 Å². The van der Waals surface area contributed by atoms with Gasteiger partial charge < -0.3 is 5.32 Å². The van der Waals surface area contributed by atoms with Crippen LogP contribution in [0.1, 0.15) is 41.3 Å². The summed E-state index contributed by atoms with van der Waals surface area (Å²) in [6.07, 6.45) is 4.35. The van der Waals surface area contributed by atoms with E-state index in [1.54, 1.807) is 0 Å². The van der Waals surface area contributed by atoms with Gasteiger partial charge >= 0.3 is 0 Å². The van der Waals surface area contributed by atoms with Crippen molar-refractivity contribution in [3.05, 3.63) is 28.8 Å².